The number of hydrogen-bond acceptors (Lipinski definition) is 3. The Kier molecular flexibility index (Phi) is 5.06. The Balaban J connectivity index is 1.68. The van der Waals surface area contributed by atoms with Gasteiger partial charge in [0, 0.05) is 25.0 Å². The van der Waals surface area contributed by atoms with Gasteiger partial charge in [-0.3, -0.25) is 4.79 Å². The molecule has 6 nitrogen and oxygen atoms in total. The average molecular weight is 367 g/mol. The van der Waals surface area contributed by atoms with Crippen molar-refractivity contribution in [2.75, 3.05) is 18.4 Å². The maximum atomic E-state index is 12.4. The fourth-order valence-corrected chi connectivity index (χ4v) is 2.86. The zero-order valence-electron chi connectivity index (χ0n) is 12.8. The molecule has 0 spiro atoms. The summed E-state index contributed by atoms with van der Waals surface area (Å²) in [4.78, 5) is 26.3. The van der Waals surface area contributed by atoms with Crippen molar-refractivity contribution in [2.45, 2.75) is 19.3 Å². The molecule has 1 aliphatic heterocycles. The SMILES string of the molecule is O=C(c1ccn(C(=O)Nc2ccc(Cl)c(Cl)c2)n1)N1CCCCC1. The highest BCUT2D eigenvalue weighted by Crippen LogP contribution is 2.25. The fraction of sp³-hybridized carbons (Fsp3) is 0.312. The topological polar surface area (TPSA) is 67.2 Å². The van der Waals surface area contributed by atoms with Crippen LogP contribution in [0, 0.1) is 0 Å². The number of piperidine rings is 1. The van der Waals surface area contributed by atoms with Crippen LogP contribution in [0.5, 0.6) is 0 Å². The molecule has 0 aliphatic carbocycles. The number of carbonyl (C=O) groups excluding carboxylic acids is 2. The molecule has 0 bridgehead atoms. The summed E-state index contributed by atoms with van der Waals surface area (Å²) < 4.78 is 1.10. The van der Waals surface area contributed by atoms with Crippen molar-refractivity contribution in [2.24, 2.45) is 0 Å². The second-order valence-corrected chi connectivity index (χ2v) is 6.37. The summed E-state index contributed by atoms with van der Waals surface area (Å²) in [6.07, 6.45) is 4.61. The molecule has 1 aromatic heterocycles. The van der Waals surface area contributed by atoms with Crippen LogP contribution in [-0.2, 0) is 0 Å². The fourth-order valence-electron chi connectivity index (χ4n) is 2.56. The molecule has 24 heavy (non-hydrogen) atoms. The molecule has 2 heterocycles. The quantitative estimate of drug-likeness (QED) is 0.876. The number of carbonyl (C=O) groups is 2. The molecule has 3 rings (SSSR count). The maximum absolute atomic E-state index is 12.4. The highest BCUT2D eigenvalue weighted by molar-refractivity contribution is 6.42. The van der Waals surface area contributed by atoms with Crippen LogP contribution in [0.3, 0.4) is 0 Å². The minimum atomic E-state index is -0.480. The first-order valence-electron chi connectivity index (χ1n) is 7.66. The zero-order chi connectivity index (χ0) is 17.1. The summed E-state index contributed by atoms with van der Waals surface area (Å²) in [6.45, 7) is 1.47. The largest absolute Gasteiger partial charge is 0.346 e. The predicted molar refractivity (Wildman–Crippen MR) is 92.9 cm³/mol. The number of benzene rings is 1. The number of amides is 2. The number of nitrogens with one attached hydrogen (secondary N) is 1. The molecule has 0 atom stereocenters. The minimum Gasteiger partial charge on any atom is -0.337 e. The molecule has 1 N–H and O–H groups in total. The molecule has 8 heteroatoms. The van der Waals surface area contributed by atoms with Crippen LogP contribution in [0.15, 0.2) is 30.5 Å². The van der Waals surface area contributed by atoms with Crippen molar-refractivity contribution in [3.63, 3.8) is 0 Å². The van der Waals surface area contributed by atoms with Crippen LogP contribution in [0.25, 0.3) is 0 Å². The summed E-state index contributed by atoms with van der Waals surface area (Å²) in [6, 6.07) is 5.84. The summed E-state index contributed by atoms with van der Waals surface area (Å²) in [5.41, 5.74) is 0.759. The molecule has 1 fully saturated rings. The van der Waals surface area contributed by atoms with Crippen LogP contribution >= 0.6 is 23.2 Å². The molecule has 1 aromatic carbocycles. The number of rotatable bonds is 2. The van der Waals surface area contributed by atoms with Crippen molar-refractivity contribution >= 4 is 40.8 Å². The molecule has 2 amide bonds. The third-order valence-electron chi connectivity index (χ3n) is 3.83. The maximum Gasteiger partial charge on any atom is 0.346 e. The summed E-state index contributed by atoms with van der Waals surface area (Å²) in [7, 11) is 0. The van der Waals surface area contributed by atoms with Crippen LogP contribution in [0.2, 0.25) is 10.0 Å². The van der Waals surface area contributed by atoms with Crippen molar-refractivity contribution in [1.82, 2.24) is 14.7 Å². The predicted octanol–water partition coefficient (Wildman–Crippen LogP) is 3.90. The third kappa shape index (κ3) is 3.71. The molecular weight excluding hydrogens is 351 g/mol. The van der Waals surface area contributed by atoms with Gasteiger partial charge in [-0.25, -0.2) is 4.79 Å². The molecule has 1 aliphatic rings. The van der Waals surface area contributed by atoms with Crippen molar-refractivity contribution < 1.29 is 9.59 Å². The van der Waals surface area contributed by atoms with E-state index in [4.69, 9.17) is 23.2 Å². The number of hydrogen-bond donors (Lipinski definition) is 1. The van der Waals surface area contributed by atoms with Gasteiger partial charge in [0.25, 0.3) is 5.91 Å². The standard InChI is InChI=1S/C16H16Cl2N4O2/c17-12-5-4-11(10-13(12)18)19-16(24)22-9-6-14(20-22)15(23)21-7-2-1-3-8-21/h4-6,9-10H,1-3,7-8H2,(H,19,24). The second-order valence-electron chi connectivity index (χ2n) is 5.56. The number of halogens is 2. The van der Waals surface area contributed by atoms with Crippen molar-refractivity contribution in [3.05, 3.63) is 46.2 Å². The average Bonchev–Trinajstić information content (AvgIpc) is 3.08. The van der Waals surface area contributed by atoms with E-state index in [1.165, 1.54) is 6.20 Å². The molecule has 126 valence electrons. The van der Waals surface area contributed by atoms with Gasteiger partial charge in [-0.1, -0.05) is 23.2 Å². The summed E-state index contributed by atoms with van der Waals surface area (Å²) in [5, 5.41) is 7.48. The van der Waals surface area contributed by atoms with Gasteiger partial charge < -0.3 is 10.2 Å². The number of nitrogens with zero attached hydrogens (tertiary/aromatic N) is 3. The lowest BCUT2D eigenvalue weighted by Crippen LogP contribution is -2.36. The van der Waals surface area contributed by atoms with E-state index >= 15 is 0 Å². The molecule has 0 unspecified atom stereocenters. The van der Waals surface area contributed by atoms with Crippen LogP contribution in [-0.4, -0.2) is 39.7 Å². The van der Waals surface area contributed by atoms with Crippen LogP contribution in [0.1, 0.15) is 29.8 Å². The Morgan fingerprint density at radius 1 is 1.04 bits per heavy atom. The van der Waals surface area contributed by atoms with Crippen molar-refractivity contribution in [3.8, 4) is 0 Å². The Hall–Kier alpha value is -2.05. The highest BCUT2D eigenvalue weighted by atomic mass is 35.5. The van der Waals surface area contributed by atoms with E-state index in [9.17, 15) is 9.59 Å². The van der Waals surface area contributed by atoms with E-state index in [1.807, 2.05) is 0 Å². The second kappa shape index (κ2) is 7.23. The lowest BCUT2D eigenvalue weighted by molar-refractivity contribution is 0.0718. The minimum absolute atomic E-state index is 0.143. The summed E-state index contributed by atoms with van der Waals surface area (Å²) >= 11 is 11.8. The zero-order valence-corrected chi connectivity index (χ0v) is 14.3. The molecular formula is C16H16Cl2N4O2. The highest BCUT2D eigenvalue weighted by Gasteiger charge is 2.21. The van der Waals surface area contributed by atoms with Gasteiger partial charge in [0.05, 0.1) is 10.0 Å². The lowest BCUT2D eigenvalue weighted by Gasteiger charge is -2.25. The van der Waals surface area contributed by atoms with Gasteiger partial charge in [0.1, 0.15) is 0 Å². The Morgan fingerprint density at radius 3 is 2.50 bits per heavy atom. The third-order valence-corrected chi connectivity index (χ3v) is 4.57. The Labute approximate surface area is 149 Å². The molecule has 1 saturated heterocycles. The number of likely N-dealkylation sites (tertiary alicyclic amines) is 1. The van der Waals surface area contributed by atoms with E-state index in [2.05, 4.69) is 10.4 Å². The van der Waals surface area contributed by atoms with Gasteiger partial charge >= 0.3 is 6.03 Å². The smallest absolute Gasteiger partial charge is 0.337 e. The first-order valence-corrected chi connectivity index (χ1v) is 8.41. The molecule has 0 saturated carbocycles. The van der Waals surface area contributed by atoms with E-state index in [0.717, 1.165) is 37.0 Å². The Bertz CT molecular complexity index is 769. The van der Waals surface area contributed by atoms with Gasteiger partial charge in [0.15, 0.2) is 5.69 Å². The van der Waals surface area contributed by atoms with Gasteiger partial charge in [0.2, 0.25) is 0 Å². The lowest BCUT2D eigenvalue weighted by atomic mass is 10.1. The Morgan fingerprint density at radius 2 is 1.79 bits per heavy atom. The monoisotopic (exact) mass is 366 g/mol. The first kappa shape index (κ1) is 16.8. The van der Waals surface area contributed by atoms with Gasteiger partial charge in [-0.2, -0.15) is 9.78 Å². The van der Waals surface area contributed by atoms with E-state index in [1.54, 1.807) is 29.2 Å². The first-order chi connectivity index (χ1) is 11.5. The molecule has 0 radical (unpaired) electrons. The summed E-state index contributed by atoms with van der Waals surface area (Å²) in [5.74, 6) is -0.143. The van der Waals surface area contributed by atoms with E-state index in [0.29, 0.717) is 15.7 Å². The van der Waals surface area contributed by atoms with Crippen molar-refractivity contribution in [1.29, 1.82) is 0 Å². The number of anilines is 1. The van der Waals surface area contributed by atoms with Gasteiger partial charge in [-0.15, -0.1) is 0 Å². The van der Waals surface area contributed by atoms with E-state index < -0.39 is 6.03 Å². The molecule has 2 aromatic rings. The van der Waals surface area contributed by atoms with Crippen LogP contribution < -0.4 is 5.32 Å². The van der Waals surface area contributed by atoms with Crippen LogP contribution in [0.4, 0.5) is 10.5 Å². The normalized spacial score (nSPS) is 14.5. The number of aromatic nitrogens is 2. The van der Waals surface area contributed by atoms with E-state index in [-0.39, 0.29) is 11.6 Å². The van der Waals surface area contributed by atoms with Gasteiger partial charge in [-0.05, 0) is 43.5 Å².